The molecule has 1 aliphatic heterocycles. The van der Waals surface area contributed by atoms with E-state index in [9.17, 15) is 14.4 Å². The van der Waals surface area contributed by atoms with Gasteiger partial charge in [0, 0.05) is 12.1 Å². The molecule has 2 N–H and O–H groups in total. The lowest BCUT2D eigenvalue weighted by atomic mass is 10.2. The van der Waals surface area contributed by atoms with E-state index in [0.717, 1.165) is 0 Å². The van der Waals surface area contributed by atoms with Gasteiger partial charge in [-0.05, 0) is 25.1 Å². The van der Waals surface area contributed by atoms with Crippen molar-refractivity contribution in [2.75, 3.05) is 17.7 Å². The van der Waals surface area contributed by atoms with Gasteiger partial charge in [0.25, 0.3) is 5.91 Å². The van der Waals surface area contributed by atoms with E-state index in [4.69, 9.17) is 4.74 Å². The zero-order valence-corrected chi connectivity index (χ0v) is 11.8. The molecule has 7 heteroatoms. The van der Waals surface area contributed by atoms with Gasteiger partial charge in [0.15, 0.2) is 6.10 Å². The number of methoxy groups -OCH3 is 1. The summed E-state index contributed by atoms with van der Waals surface area (Å²) < 4.78 is 9.88. The molecule has 2 amide bonds. The molecule has 1 unspecified atom stereocenters. The highest BCUT2D eigenvalue weighted by Crippen LogP contribution is 2.32. The Morgan fingerprint density at radius 2 is 2.14 bits per heavy atom. The molecular formula is C14H16N2O5. The van der Waals surface area contributed by atoms with Crippen molar-refractivity contribution in [3.63, 3.8) is 0 Å². The molecule has 2 rings (SSSR count). The number of fused-ring (bicyclic) bond motifs is 1. The maximum atomic E-state index is 11.7. The predicted octanol–water partition coefficient (Wildman–Crippen LogP) is 1.30. The number of benzene rings is 1. The smallest absolute Gasteiger partial charge is 0.306 e. The first kappa shape index (κ1) is 14.8. The molecule has 0 saturated heterocycles. The average Bonchev–Trinajstić information content (AvgIpc) is 2.46. The summed E-state index contributed by atoms with van der Waals surface area (Å²) in [5, 5.41) is 5.34. The molecule has 21 heavy (non-hydrogen) atoms. The maximum absolute atomic E-state index is 11.7. The summed E-state index contributed by atoms with van der Waals surface area (Å²) >= 11 is 0. The Morgan fingerprint density at radius 1 is 1.38 bits per heavy atom. The zero-order chi connectivity index (χ0) is 15.4. The molecule has 1 atom stereocenters. The van der Waals surface area contributed by atoms with Crippen LogP contribution in [-0.4, -0.2) is 31.0 Å². The van der Waals surface area contributed by atoms with Crippen molar-refractivity contribution in [1.29, 1.82) is 0 Å². The number of amides is 2. The summed E-state index contributed by atoms with van der Waals surface area (Å²) in [4.78, 5) is 34.2. The zero-order valence-electron chi connectivity index (χ0n) is 11.8. The molecule has 0 aromatic heterocycles. The molecule has 0 bridgehead atoms. The fourth-order valence-electron chi connectivity index (χ4n) is 1.83. The van der Waals surface area contributed by atoms with Gasteiger partial charge in [-0.25, -0.2) is 0 Å². The van der Waals surface area contributed by atoms with Gasteiger partial charge in [-0.3, -0.25) is 14.4 Å². The van der Waals surface area contributed by atoms with E-state index in [0.29, 0.717) is 17.1 Å². The molecule has 0 spiro atoms. The van der Waals surface area contributed by atoms with Crippen LogP contribution in [0.4, 0.5) is 11.4 Å². The van der Waals surface area contributed by atoms with Gasteiger partial charge in [-0.15, -0.1) is 0 Å². The average molecular weight is 292 g/mol. The van der Waals surface area contributed by atoms with Crippen molar-refractivity contribution in [3.05, 3.63) is 18.2 Å². The van der Waals surface area contributed by atoms with Crippen LogP contribution < -0.4 is 15.4 Å². The Hall–Kier alpha value is -2.57. The Labute approximate surface area is 121 Å². The number of hydrogen-bond donors (Lipinski definition) is 2. The van der Waals surface area contributed by atoms with Gasteiger partial charge in [-0.1, -0.05) is 0 Å². The Bertz CT molecular complexity index is 585. The van der Waals surface area contributed by atoms with Gasteiger partial charge < -0.3 is 20.1 Å². The number of nitrogens with one attached hydrogen (secondary N) is 2. The minimum Gasteiger partial charge on any atom is -0.479 e. The third-order valence-corrected chi connectivity index (χ3v) is 2.98. The van der Waals surface area contributed by atoms with Crippen LogP contribution in [0, 0.1) is 0 Å². The molecule has 0 saturated carbocycles. The second kappa shape index (κ2) is 6.25. The predicted molar refractivity (Wildman–Crippen MR) is 75.0 cm³/mol. The van der Waals surface area contributed by atoms with E-state index in [-0.39, 0.29) is 24.7 Å². The first-order valence-corrected chi connectivity index (χ1v) is 6.48. The molecule has 0 radical (unpaired) electrons. The first-order chi connectivity index (χ1) is 9.99. The van der Waals surface area contributed by atoms with Crippen LogP contribution >= 0.6 is 0 Å². The quantitative estimate of drug-likeness (QED) is 0.816. The molecule has 0 fully saturated rings. The van der Waals surface area contributed by atoms with E-state index < -0.39 is 12.1 Å². The van der Waals surface area contributed by atoms with Gasteiger partial charge in [-0.2, -0.15) is 0 Å². The van der Waals surface area contributed by atoms with E-state index >= 15 is 0 Å². The van der Waals surface area contributed by atoms with E-state index in [1.807, 2.05) is 0 Å². The molecule has 112 valence electrons. The van der Waals surface area contributed by atoms with Crippen molar-refractivity contribution in [2.24, 2.45) is 0 Å². The highest BCUT2D eigenvalue weighted by molar-refractivity contribution is 5.99. The standard InChI is InChI=1S/C14H16N2O5/c1-8-14(19)16-10-7-9(3-4-11(10)21-8)15-12(17)5-6-13(18)20-2/h3-4,7-8H,5-6H2,1-2H3,(H,15,17)(H,16,19). The Balaban J connectivity index is 1.99. The van der Waals surface area contributed by atoms with E-state index in [1.165, 1.54) is 7.11 Å². The summed E-state index contributed by atoms with van der Waals surface area (Å²) in [6, 6.07) is 4.94. The molecule has 1 heterocycles. The Morgan fingerprint density at radius 3 is 2.86 bits per heavy atom. The normalized spacial score (nSPS) is 16.3. The topological polar surface area (TPSA) is 93.7 Å². The fourth-order valence-corrected chi connectivity index (χ4v) is 1.83. The second-order valence-electron chi connectivity index (χ2n) is 4.58. The number of hydrogen-bond acceptors (Lipinski definition) is 5. The highest BCUT2D eigenvalue weighted by atomic mass is 16.5. The van der Waals surface area contributed by atoms with E-state index in [1.54, 1.807) is 25.1 Å². The molecule has 1 aromatic rings. The van der Waals surface area contributed by atoms with Gasteiger partial charge in [0.1, 0.15) is 5.75 Å². The minimum absolute atomic E-state index is 0.0185. The SMILES string of the molecule is COC(=O)CCC(=O)Nc1ccc2c(c1)NC(=O)C(C)O2. The molecule has 7 nitrogen and oxygen atoms in total. The molecular weight excluding hydrogens is 276 g/mol. The third-order valence-electron chi connectivity index (χ3n) is 2.98. The number of anilines is 2. The van der Waals surface area contributed by atoms with Crippen molar-refractivity contribution in [1.82, 2.24) is 0 Å². The van der Waals surface area contributed by atoms with Crippen LogP contribution in [0.2, 0.25) is 0 Å². The molecule has 1 aliphatic rings. The third kappa shape index (κ3) is 3.71. The number of rotatable bonds is 4. The summed E-state index contributed by atoms with van der Waals surface area (Å²) in [5.74, 6) is -0.437. The summed E-state index contributed by atoms with van der Waals surface area (Å²) in [7, 11) is 1.27. The van der Waals surface area contributed by atoms with E-state index in [2.05, 4.69) is 15.4 Å². The lowest BCUT2D eigenvalue weighted by Gasteiger charge is -2.23. The maximum Gasteiger partial charge on any atom is 0.306 e. The van der Waals surface area contributed by atoms with Crippen LogP contribution in [-0.2, 0) is 19.1 Å². The number of ether oxygens (including phenoxy) is 2. The summed E-state index contributed by atoms with van der Waals surface area (Å²) in [6.45, 7) is 1.65. The Kier molecular flexibility index (Phi) is 4.42. The number of carbonyl (C=O) groups is 3. The van der Waals surface area contributed by atoms with Crippen LogP contribution in [0.15, 0.2) is 18.2 Å². The van der Waals surface area contributed by atoms with Crippen LogP contribution in [0.3, 0.4) is 0 Å². The van der Waals surface area contributed by atoms with Crippen molar-refractivity contribution < 1.29 is 23.9 Å². The van der Waals surface area contributed by atoms with Crippen molar-refractivity contribution in [3.8, 4) is 5.75 Å². The number of esters is 1. The largest absolute Gasteiger partial charge is 0.479 e. The van der Waals surface area contributed by atoms with Gasteiger partial charge in [0.05, 0.1) is 19.2 Å². The minimum atomic E-state index is -0.544. The van der Waals surface area contributed by atoms with Crippen LogP contribution in [0.1, 0.15) is 19.8 Å². The van der Waals surface area contributed by atoms with Gasteiger partial charge >= 0.3 is 5.97 Å². The lowest BCUT2D eigenvalue weighted by Crippen LogP contribution is -2.34. The summed E-state index contributed by atoms with van der Waals surface area (Å²) in [5.41, 5.74) is 1.02. The van der Waals surface area contributed by atoms with Crippen molar-refractivity contribution in [2.45, 2.75) is 25.9 Å². The molecule has 0 aliphatic carbocycles. The van der Waals surface area contributed by atoms with Crippen LogP contribution in [0.25, 0.3) is 0 Å². The summed E-state index contributed by atoms with van der Waals surface area (Å²) in [6.07, 6.45) is -0.494. The molecule has 1 aromatic carbocycles. The number of carbonyl (C=O) groups excluding carboxylic acids is 3. The van der Waals surface area contributed by atoms with Crippen molar-refractivity contribution >= 4 is 29.2 Å². The monoisotopic (exact) mass is 292 g/mol. The lowest BCUT2D eigenvalue weighted by molar-refractivity contribution is -0.141. The van der Waals surface area contributed by atoms with Gasteiger partial charge in [0.2, 0.25) is 5.91 Å². The van der Waals surface area contributed by atoms with Crippen LogP contribution in [0.5, 0.6) is 5.75 Å². The second-order valence-corrected chi connectivity index (χ2v) is 4.58. The first-order valence-electron chi connectivity index (χ1n) is 6.48. The highest BCUT2D eigenvalue weighted by Gasteiger charge is 2.23. The fraction of sp³-hybridized carbons (Fsp3) is 0.357.